The van der Waals surface area contributed by atoms with Crippen LogP contribution in [-0.2, 0) is 9.53 Å². The first kappa shape index (κ1) is 7.81. The smallest absolute Gasteiger partial charge is 0.340 e. The summed E-state index contributed by atoms with van der Waals surface area (Å²) < 4.78 is 4.16. The molecule has 0 rings (SSSR count). The SMILES string of the molecule is COC(=O)C(C)=C(O)O. The predicted molar refractivity (Wildman–Crippen MR) is 30.0 cm³/mol. The highest BCUT2D eigenvalue weighted by molar-refractivity contribution is 5.87. The normalized spacial score (nSPS) is 8.22. The molecule has 4 heteroatoms. The monoisotopic (exact) mass is 132 g/mol. The van der Waals surface area contributed by atoms with Gasteiger partial charge in [-0.05, 0) is 6.92 Å². The van der Waals surface area contributed by atoms with Crippen molar-refractivity contribution >= 4 is 5.97 Å². The molecule has 0 aromatic rings. The minimum Gasteiger partial charge on any atom is -0.481 e. The van der Waals surface area contributed by atoms with Crippen molar-refractivity contribution in [1.82, 2.24) is 0 Å². The van der Waals surface area contributed by atoms with Crippen LogP contribution < -0.4 is 0 Å². The van der Waals surface area contributed by atoms with E-state index in [-0.39, 0.29) is 5.57 Å². The van der Waals surface area contributed by atoms with Gasteiger partial charge in [-0.25, -0.2) is 4.79 Å². The van der Waals surface area contributed by atoms with Crippen molar-refractivity contribution in [2.45, 2.75) is 6.92 Å². The molecule has 0 saturated heterocycles. The van der Waals surface area contributed by atoms with Crippen molar-refractivity contribution in [1.29, 1.82) is 0 Å². The van der Waals surface area contributed by atoms with Gasteiger partial charge in [-0.1, -0.05) is 0 Å². The molecule has 0 fully saturated rings. The Hall–Kier alpha value is -1.19. The summed E-state index contributed by atoms with van der Waals surface area (Å²) in [6, 6.07) is 0. The zero-order chi connectivity index (χ0) is 7.44. The molecule has 0 radical (unpaired) electrons. The Morgan fingerprint density at radius 2 is 1.89 bits per heavy atom. The second kappa shape index (κ2) is 2.96. The third kappa shape index (κ3) is 2.03. The standard InChI is InChI=1S/C5H8O4/c1-3(4(6)7)5(8)9-2/h6-7H,1-2H3. The van der Waals surface area contributed by atoms with Gasteiger partial charge in [0.05, 0.1) is 7.11 Å². The lowest BCUT2D eigenvalue weighted by Gasteiger charge is -1.96. The number of hydrogen-bond donors (Lipinski definition) is 2. The van der Waals surface area contributed by atoms with Crippen LogP contribution in [0.2, 0.25) is 0 Å². The summed E-state index contributed by atoms with van der Waals surface area (Å²) in [6.45, 7) is 1.25. The third-order valence-electron chi connectivity index (χ3n) is 0.827. The largest absolute Gasteiger partial charge is 0.481 e. The average Bonchev–Trinajstić information content (AvgIpc) is 1.84. The lowest BCUT2D eigenvalue weighted by Crippen LogP contribution is -2.04. The number of hydrogen-bond acceptors (Lipinski definition) is 4. The molecule has 4 nitrogen and oxygen atoms in total. The summed E-state index contributed by atoms with van der Waals surface area (Å²) in [7, 11) is 1.16. The summed E-state index contributed by atoms with van der Waals surface area (Å²) >= 11 is 0. The molecule has 0 amide bonds. The summed E-state index contributed by atoms with van der Waals surface area (Å²) in [6.07, 6.45) is 0. The van der Waals surface area contributed by atoms with Gasteiger partial charge in [0.1, 0.15) is 5.57 Å². The summed E-state index contributed by atoms with van der Waals surface area (Å²) in [5.41, 5.74) is -0.197. The molecular weight excluding hydrogens is 124 g/mol. The van der Waals surface area contributed by atoms with Gasteiger partial charge in [-0.3, -0.25) is 0 Å². The zero-order valence-corrected chi connectivity index (χ0v) is 5.21. The fourth-order valence-electron chi connectivity index (χ4n) is 0.244. The van der Waals surface area contributed by atoms with Crippen LogP contribution in [0, 0.1) is 0 Å². The van der Waals surface area contributed by atoms with Crippen LogP contribution >= 0.6 is 0 Å². The predicted octanol–water partition coefficient (Wildman–Crippen LogP) is 0.507. The molecule has 0 saturated carbocycles. The van der Waals surface area contributed by atoms with Gasteiger partial charge in [0.25, 0.3) is 5.95 Å². The second-order valence-corrected chi connectivity index (χ2v) is 1.44. The lowest BCUT2D eigenvalue weighted by molar-refractivity contribution is -0.136. The Morgan fingerprint density at radius 1 is 1.44 bits per heavy atom. The highest BCUT2D eigenvalue weighted by atomic mass is 16.5. The molecule has 0 bridgehead atoms. The molecular formula is C5H8O4. The van der Waals surface area contributed by atoms with Gasteiger partial charge in [-0.2, -0.15) is 0 Å². The van der Waals surface area contributed by atoms with Gasteiger partial charge < -0.3 is 14.9 Å². The van der Waals surface area contributed by atoms with E-state index in [1.54, 1.807) is 0 Å². The fraction of sp³-hybridized carbons (Fsp3) is 0.400. The Kier molecular flexibility index (Phi) is 2.57. The minimum atomic E-state index is -0.998. The average molecular weight is 132 g/mol. The molecule has 0 aliphatic heterocycles. The van der Waals surface area contributed by atoms with Crippen molar-refractivity contribution < 1.29 is 19.7 Å². The molecule has 0 aromatic carbocycles. The first-order chi connectivity index (χ1) is 4.09. The number of rotatable bonds is 1. The number of aliphatic hydroxyl groups is 2. The van der Waals surface area contributed by atoms with Crippen molar-refractivity contribution in [3.63, 3.8) is 0 Å². The van der Waals surface area contributed by atoms with Crippen LogP contribution in [0.4, 0.5) is 0 Å². The van der Waals surface area contributed by atoms with Crippen LogP contribution in [0.1, 0.15) is 6.92 Å². The topological polar surface area (TPSA) is 66.8 Å². The Balaban J connectivity index is 4.21. The molecule has 0 heterocycles. The van der Waals surface area contributed by atoms with E-state index in [2.05, 4.69) is 4.74 Å². The Morgan fingerprint density at radius 3 is 2.00 bits per heavy atom. The first-order valence-corrected chi connectivity index (χ1v) is 2.26. The maximum atomic E-state index is 10.4. The Labute approximate surface area is 52.4 Å². The fourth-order valence-corrected chi connectivity index (χ4v) is 0.244. The van der Waals surface area contributed by atoms with E-state index in [1.165, 1.54) is 6.92 Å². The van der Waals surface area contributed by atoms with E-state index in [4.69, 9.17) is 10.2 Å². The van der Waals surface area contributed by atoms with Gasteiger partial charge in [0, 0.05) is 0 Å². The van der Waals surface area contributed by atoms with E-state index in [0.29, 0.717) is 0 Å². The highest BCUT2D eigenvalue weighted by Crippen LogP contribution is 1.97. The number of aliphatic hydroxyl groups excluding tert-OH is 1. The molecule has 0 atom stereocenters. The van der Waals surface area contributed by atoms with Crippen LogP contribution in [0.25, 0.3) is 0 Å². The zero-order valence-electron chi connectivity index (χ0n) is 5.21. The summed E-state index contributed by atoms with van der Waals surface area (Å²) in [5.74, 6) is -1.74. The van der Waals surface area contributed by atoms with Gasteiger partial charge >= 0.3 is 5.97 Å². The summed E-state index contributed by atoms with van der Waals surface area (Å²) in [5, 5.41) is 16.5. The van der Waals surface area contributed by atoms with E-state index in [9.17, 15) is 4.79 Å². The van der Waals surface area contributed by atoms with Crippen LogP contribution in [0.5, 0.6) is 0 Å². The van der Waals surface area contributed by atoms with E-state index in [1.807, 2.05) is 0 Å². The number of esters is 1. The molecule has 0 aromatic heterocycles. The Bertz CT molecular complexity index is 143. The first-order valence-electron chi connectivity index (χ1n) is 2.26. The summed E-state index contributed by atoms with van der Waals surface area (Å²) in [4.78, 5) is 10.4. The van der Waals surface area contributed by atoms with E-state index >= 15 is 0 Å². The van der Waals surface area contributed by atoms with Crippen molar-refractivity contribution in [3.8, 4) is 0 Å². The highest BCUT2D eigenvalue weighted by Gasteiger charge is 2.07. The van der Waals surface area contributed by atoms with Crippen molar-refractivity contribution in [2.24, 2.45) is 0 Å². The van der Waals surface area contributed by atoms with E-state index < -0.39 is 11.9 Å². The molecule has 52 valence electrons. The van der Waals surface area contributed by atoms with E-state index in [0.717, 1.165) is 7.11 Å². The molecule has 0 unspecified atom stereocenters. The maximum Gasteiger partial charge on any atom is 0.340 e. The van der Waals surface area contributed by atoms with Crippen LogP contribution in [-0.4, -0.2) is 23.3 Å². The number of methoxy groups -OCH3 is 1. The lowest BCUT2D eigenvalue weighted by atomic mass is 10.3. The minimum absolute atomic E-state index is 0.197. The van der Waals surface area contributed by atoms with Gasteiger partial charge in [0.2, 0.25) is 0 Å². The van der Waals surface area contributed by atoms with Crippen LogP contribution in [0.3, 0.4) is 0 Å². The number of ether oxygens (including phenoxy) is 1. The van der Waals surface area contributed by atoms with Crippen molar-refractivity contribution in [2.75, 3.05) is 7.11 Å². The van der Waals surface area contributed by atoms with Crippen LogP contribution in [0.15, 0.2) is 11.5 Å². The molecule has 0 spiro atoms. The number of carbonyl (C=O) groups is 1. The molecule has 9 heavy (non-hydrogen) atoms. The third-order valence-corrected chi connectivity index (χ3v) is 0.827. The van der Waals surface area contributed by atoms with Gasteiger partial charge in [-0.15, -0.1) is 0 Å². The molecule has 0 aliphatic rings. The van der Waals surface area contributed by atoms with Crippen molar-refractivity contribution in [3.05, 3.63) is 11.5 Å². The maximum absolute atomic E-state index is 10.4. The second-order valence-electron chi connectivity index (χ2n) is 1.44. The van der Waals surface area contributed by atoms with Gasteiger partial charge in [0.15, 0.2) is 0 Å². The molecule has 2 N–H and O–H groups in total. The molecule has 0 aliphatic carbocycles. The quantitative estimate of drug-likeness (QED) is 0.310. The number of carbonyl (C=O) groups excluding carboxylic acids is 1.